The standard InChI is InChI=1S/C14H16BrNO2/c1-3-18-13-7-5-4-6-12(13)8-9-14(17)16-10-11(2)15/h4-9H,2-3,10H2,1H3,(H,16,17)/b9-8+. The first-order valence-corrected chi connectivity index (χ1v) is 6.43. The van der Waals surface area contributed by atoms with E-state index in [1.165, 1.54) is 6.08 Å². The molecule has 0 aliphatic carbocycles. The van der Waals surface area contributed by atoms with Gasteiger partial charge in [-0.2, -0.15) is 0 Å². The maximum atomic E-state index is 11.5. The third-order valence-corrected chi connectivity index (χ3v) is 2.37. The van der Waals surface area contributed by atoms with Gasteiger partial charge in [0.1, 0.15) is 5.75 Å². The molecule has 0 atom stereocenters. The molecule has 1 aromatic carbocycles. The van der Waals surface area contributed by atoms with E-state index < -0.39 is 0 Å². The molecule has 0 radical (unpaired) electrons. The van der Waals surface area contributed by atoms with Gasteiger partial charge in [0, 0.05) is 22.7 Å². The summed E-state index contributed by atoms with van der Waals surface area (Å²) in [4.78, 5) is 11.5. The molecule has 1 rings (SSSR count). The highest BCUT2D eigenvalue weighted by Crippen LogP contribution is 2.19. The van der Waals surface area contributed by atoms with Gasteiger partial charge in [-0.25, -0.2) is 0 Å². The van der Waals surface area contributed by atoms with Gasteiger partial charge in [-0.1, -0.05) is 40.7 Å². The fourth-order valence-electron chi connectivity index (χ4n) is 1.31. The third kappa shape index (κ3) is 5.19. The summed E-state index contributed by atoms with van der Waals surface area (Å²) in [5.74, 6) is 0.607. The van der Waals surface area contributed by atoms with E-state index in [0.717, 1.165) is 15.8 Å². The zero-order chi connectivity index (χ0) is 13.4. The zero-order valence-electron chi connectivity index (χ0n) is 10.3. The van der Waals surface area contributed by atoms with E-state index in [1.54, 1.807) is 6.08 Å². The van der Waals surface area contributed by atoms with E-state index in [9.17, 15) is 4.79 Å². The van der Waals surface area contributed by atoms with E-state index in [1.807, 2.05) is 31.2 Å². The lowest BCUT2D eigenvalue weighted by Gasteiger charge is -2.06. The number of nitrogens with one attached hydrogen (secondary N) is 1. The van der Waals surface area contributed by atoms with Crippen LogP contribution >= 0.6 is 15.9 Å². The second kappa shape index (κ2) is 7.71. The fraction of sp³-hybridized carbons (Fsp3) is 0.214. The van der Waals surface area contributed by atoms with Crippen LogP contribution < -0.4 is 10.1 Å². The molecule has 4 heteroatoms. The average molecular weight is 310 g/mol. The molecule has 1 amide bonds. The second-order valence-electron chi connectivity index (χ2n) is 3.54. The van der Waals surface area contributed by atoms with Crippen molar-refractivity contribution in [1.82, 2.24) is 5.32 Å². The number of amides is 1. The summed E-state index contributed by atoms with van der Waals surface area (Å²) in [6.07, 6.45) is 3.21. The van der Waals surface area contributed by atoms with E-state index >= 15 is 0 Å². The predicted molar refractivity (Wildman–Crippen MR) is 77.7 cm³/mol. The van der Waals surface area contributed by atoms with E-state index in [4.69, 9.17) is 4.74 Å². The van der Waals surface area contributed by atoms with Gasteiger partial charge in [-0.3, -0.25) is 4.79 Å². The van der Waals surface area contributed by atoms with Crippen LogP contribution in [0.1, 0.15) is 12.5 Å². The molecule has 0 bridgehead atoms. The number of para-hydroxylation sites is 1. The number of ether oxygens (including phenoxy) is 1. The molecule has 0 spiro atoms. The van der Waals surface area contributed by atoms with Gasteiger partial charge in [-0.15, -0.1) is 0 Å². The second-order valence-corrected chi connectivity index (χ2v) is 4.66. The van der Waals surface area contributed by atoms with Crippen molar-refractivity contribution >= 4 is 27.9 Å². The van der Waals surface area contributed by atoms with Crippen molar-refractivity contribution in [2.45, 2.75) is 6.92 Å². The number of hydrogen-bond donors (Lipinski definition) is 1. The largest absolute Gasteiger partial charge is 0.493 e. The highest BCUT2D eigenvalue weighted by Gasteiger charge is 2.00. The normalized spacial score (nSPS) is 10.3. The Bertz CT molecular complexity index is 455. The number of carbonyl (C=O) groups is 1. The first-order chi connectivity index (χ1) is 8.63. The van der Waals surface area contributed by atoms with Gasteiger partial charge < -0.3 is 10.1 Å². The molecule has 0 heterocycles. The molecule has 0 aliphatic heterocycles. The summed E-state index contributed by atoms with van der Waals surface area (Å²) in [6, 6.07) is 7.58. The summed E-state index contributed by atoms with van der Waals surface area (Å²) in [5.41, 5.74) is 0.882. The van der Waals surface area contributed by atoms with Crippen LogP contribution in [0.25, 0.3) is 6.08 Å². The smallest absolute Gasteiger partial charge is 0.244 e. The Kier molecular flexibility index (Phi) is 6.22. The summed E-state index contributed by atoms with van der Waals surface area (Å²) < 4.78 is 6.20. The van der Waals surface area contributed by atoms with Crippen molar-refractivity contribution in [2.24, 2.45) is 0 Å². The van der Waals surface area contributed by atoms with E-state index in [0.29, 0.717) is 13.2 Å². The quantitative estimate of drug-likeness (QED) is 0.820. The van der Waals surface area contributed by atoms with E-state index in [-0.39, 0.29) is 5.91 Å². The summed E-state index contributed by atoms with van der Waals surface area (Å²) in [6.45, 7) is 6.58. The number of halogens is 1. The Morgan fingerprint density at radius 2 is 2.22 bits per heavy atom. The number of carbonyl (C=O) groups excluding carboxylic acids is 1. The van der Waals surface area contributed by atoms with Crippen LogP contribution in [0.3, 0.4) is 0 Å². The van der Waals surface area contributed by atoms with Crippen molar-refractivity contribution in [3.8, 4) is 5.75 Å². The monoisotopic (exact) mass is 309 g/mol. The highest BCUT2D eigenvalue weighted by molar-refractivity contribution is 9.11. The molecule has 1 aromatic rings. The third-order valence-electron chi connectivity index (χ3n) is 2.09. The molecule has 0 unspecified atom stereocenters. The minimum absolute atomic E-state index is 0.165. The van der Waals surface area contributed by atoms with Crippen LogP contribution in [0, 0.1) is 0 Å². The summed E-state index contributed by atoms with van der Waals surface area (Å²) in [5, 5.41) is 2.69. The number of benzene rings is 1. The van der Waals surface area contributed by atoms with Crippen molar-refractivity contribution in [2.75, 3.05) is 13.2 Å². The molecule has 0 aliphatic rings. The van der Waals surface area contributed by atoms with Crippen molar-refractivity contribution in [1.29, 1.82) is 0 Å². The van der Waals surface area contributed by atoms with Crippen LogP contribution in [0.2, 0.25) is 0 Å². The molecule has 18 heavy (non-hydrogen) atoms. The van der Waals surface area contributed by atoms with Crippen LogP contribution in [0.4, 0.5) is 0 Å². The minimum atomic E-state index is -0.165. The Hall–Kier alpha value is -1.55. The number of hydrogen-bond acceptors (Lipinski definition) is 2. The summed E-state index contributed by atoms with van der Waals surface area (Å²) >= 11 is 3.18. The highest BCUT2D eigenvalue weighted by atomic mass is 79.9. The van der Waals surface area contributed by atoms with Crippen LogP contribution in [-0.2, 0) is 4.79 Å². The first kappa shape index (κ1) is 14.5. The molecule has 3 nitrogen and oxygen atoms in total. The molecular weight excluding hydrogens is 294 g/mol. The molecule has 0 aromatic heterocycles. The SMILES string of the molecule is C=C(Br)CNC(=O)/C=C/c1ccccc1OCC. The molecule has 96 valence electrons. The fourth-order valence-corrected chi connectivity index (χ4v) is 1.45. The Morgan fingerprint density at radius 1 is 1.50 bits per heavy atom. The van der Waals surface area contributed by atoms with Gasteiger partial charge in [0.25, 0.3) is 0 Å². The van der Waals surface area contributed by atoms with Crippen LogP contribution in [0.5, 0.6) is 5.75 Å². The van der Waals surface area contributed by atoms with E-state index in [2.05, 4.69) is 27.8 Å². The molecule has 1 N–H and O–H groups in total. The van der Waals surface area contributed by atoms with Gasteiger partial charge in [0.05, 0.1) is 6.61 Å². The maximum Gasteiger partial charge on any atom is 0.244 e. The average Bonchev–Trinajstić information content (AvgIpc) is 2.35. The van der Waals surface area contributed by atoms with Crippen molar-refractivity contribution < 1.29 is 9.53 Å². The van der Waals surface area contributed by atoms with Crippen molar-refractivity contribution in [3.05, 3.63) is 47.0 Å². The molecule has 0 fully saturated rings. The Balaban J connectivity index is 2.65. The molecule has 0 saturated heterocycles. The lowest BCUT2D eigenvalue weighted by Crippen LogP contribution is -2.21. The van der Waals surface area contributed by atoms with Crippen LogP contribution in [-0.4, -0.2) is 19.1 Å². The predicted octanol–water partition coefficient (Wildman–Crippen LogP) is 3.12. The van der Waals surface area contributed by atoms with Gasteiger partial charge in [0.2, 0.25) is 5.91 Å². The lowest BCUT2D eigenvalue weighted by atomic mass is 10.2. The molecular formula is C14H16BrNO2. The Morgan fingerprint density at radius 3 is 2.89 bits per heavy atom. The van der Waals surface area contributed by atoms with Gasteiger partial charge in [0.15, 0.2) is 0 Å². The van der Waals surface area contributed by atoms with Gasteiger partial charge >= 0.3 is 0 Å². The van der Waals surface area contributed by atoms with Crippen molar-refractivity contribution in [3.63, 3.8) is 0 Å². The number of rotatable bonds is 6. The summed E-state index contributed by atoms with van der Waals surface area (Å²) in [7, 11) is 0. The molecule has 0 saturated carbocycles. The zero-order valence-corrected chi connectivity index (χ0v) is 11.9. The topological polar surface area (TPSA) is 38.3 Å². The Labute approximate surface area is 116 Å². The van der Waals surface area contributed by atoms with Gasteiger partial charge in [-0.05, 0) is 19.1 Å². The first-order valence-electron chi connectivity index (χ1n) is 5.64. The van der Waals surface area contributed by atoms with Crippen LogP contribution in [0.15, 0.2) is 41.4 Å². The maximum absolute atomic E-state index is 11.5. The lowest BCUT2D eigenvalue weighted by molar-refractivity contribution is -0.116. The minimum Gasteiger partial charge on any atom is -0.493 e.